The van der Waals surface area contributed by atoms with E-state index in [0.29, 0.717) is 19.4 Å². The summed E-state index contributed by atoms with van der Waals surface area (Å²) >= 11 is 3.46. The van der Waals surface area contributed by atoms with Crippen molar-refractivity contribution in [3.05, 3.63) is 27.7 Å². The van der Waals surface area contributed by atoms with Gasteiger partial charge in [0.25, 0.3) is 0 Å². The van der Waals surface area contributed by atoms with Crippen LogP contribution in [0.4, 0.5) is 0 Å². The van der Waals surface area contributed by atoms with Gasteiger partial charge in [-0.05, 0) is 43.4 Å². The highest BCUT2D eigenvalue weighted by Crippen LogP contribution is 2.53. The van der Waals surface area contributed by atoms with E-state index in [1.165, 1.54) is 0 Å². The second-order valence-electron chi connectivity index (χ2n) is 4.78. The van der Waals surface area contributed by atoms with Crippen LogP contribution in [-0.4, -0.2) is 17.7 Å². The second kappa shape index (κ2) is 3.73. The molecule has 17 heavy (non-hydrogen) atoms. The van der Waals surface area contributed by atoms with E-state index >= 15 is 0 Å². The number of fused-ring (bicyclic) bond motifs is 1. The van der Waals surface area contributed by atoms with Crippen LogP contribution in [0.1, 0.15) is 30.4 Å². The molecule has 0 amide bonds. The van der Waals surface area contributed by atoms with E-state index in [1.807, 2.05) is 12.1 Å². The van der Waals surface area contributed by atoms with Crippen LogP contribution < -0.4 is 4.74 Å². The molecule has 1 aliphatic heterocycles. The number of halogens is 1. The first-order valence-electron chi connectivity index (χ1n) is 5.82. The molecule has 0 bridgehead atoms. The molecule has 2 aliphatic rings. The van der Waals surface area contributed by atoms with E-state index in [9.17, 15) is 9.90 Å². The van der Waals surface area contributed by atoms with E-state index < -0.39 is 11.4 Å². The van der Waals surface area contributed by atoms with Crippen LogP contribution in [-0.2, 0) is 16.6 Å². The lowest BCUT2D eigenvalue weighted by Crippen LogP contribution is -2.22. The highest BCUT2D eigenvalue weighted by Gasteiger charge is 2.53. The molecule has 0 spiro atoms. The van der Waals surface area contributed by atoms with E-state index in [4.69, 9.17) is 4.74 Å². The normalized spacial score (nSPS) is 20.3. The lowest BCUT2D eigenvalue weighted by molar-refractivity contribution is -0.140. The van der Waals surface area contributed by atoms with Crippen LogP contribution >= 0.6 is 15.9 Å². The molecular weight excluding hydrogens is 284 g/mol. The fourth-order valence-corrected chi connectivity index (χ4v) is 3.03. The summed E-state index contributed by atoms with van der Waals surface area (Å²) in [5.41, 5.74) is 1.30. The molecule has 90 valence electrons. The third-order valence-corrected chi connectivity index (χ3v) is 4.10. The number of benzene rings is 1. The molecule has 1 aromatic rings. The Morgan fingerprint density at radius 3 is 2.82 bits per heavy atom. The fraction of sp³-hybridized carbons (Fsp3) is 0.462. The number of aryl methyl sites for hydroxylation is 1. The Hall–Kier alpha value is -1.03. The van der Waals surface area contributed by atoms with Gasteiger partial charge in [-0.15, -0.1) is 0 Å². The number of rotatable bonds is 2. The molecule has 1 saturated carbocycles. The molecule has 1 heterocycles. The molecular formula is C13H13BrO3. The predicted molar refractivity (Wildman–Crippen MR) is 66.5 cm³/mol. The Kier molecular flexibility index (Phi) is 2.43. The largest absolute Gasteiger partial charge is 0.493 e. The SMILES string of the molecule is O=C(O)C1(c2cc(Br)cc3c2OCCC3)CC1. The smallest absolute Gasteiger partial charge is 0.314 e. The van der Waals surface area contributed by atoms with Gasteiger partial charge in [-0.2, -0.15) is 0 Å². The van der Waals surface area contributed by atoms with Crippen molar-refractivity contribution in [2.45, 2.75) is 31.1 Å². The first-order chi connectivity index (χ1) is 8.13. The molecule has 0 atom stereocenters. The first-order valence-corrected chi connectivity index (χ1v) is 6.62. The number of carbonyl (C=O) groups is 1. The maximum Gasteiger partial charge on any atom is 0.314 e. The zero-order chi connectivity index (χ0) is 12.0. The molecule has 1 aromatic carbocycles. The number of carboxylic acids is 1. The molecule has 1 fully saturated rings. The van der Waals surface area contributed by atoms with Gasteiger partial charge in [0.05, 0.1) is 12.0 Å². The fourth-order valence-electron chi connectivity index (χ4n) is 2.52. The Morgan fingerprint density at radius 1 is 1.41 bits per heavy atom. The van der Waals surface area contributed by atoms with Crippen molar-refractivity contribution in [2.24, 2.45) is 0 Å². The van der Waals surface area contributed by atoms with Crippen molar-refractivity contribution in [3.63, 3.8) is 0 Å². The quantitative estimate of drug-likeness (QED) is 0.913. The lowest BCUT2D eigenvalue weighted by Gasteiger charge is -2.23. The van der Waals surface area contributed by atoms with Crippen LogP contribution in [0.5, 0.6) is 5.75 Å². The number of ether oxygens (including phenoxy) is 1. The maximum atomic E-state index is 11.4. The molecule has 4 heteroatoms. The minimum Gasteiger partial charge on any atom is -0.493 e. The highest BCUT2D eigenvalue weighted by molar-refractivity contribution is 9.10. The van der Waals surface area contributed by atoms with Gasteiger partial charge >= 0.3 is 5.97 Å². The summed E-state index contributed by atoms with van der Waals surface area (Å²) in [6.45, 7) is 0.692. The van der Waals surface area contributed by atoms with E-state index in [-0.39, 0.29) is 0 Å². The number of carboxylic acid groups (broad SMARTS) is 1. The molecule has 0 saturated heterocycles. The molecule has 0 radical (unpaired) electrons. The Morgan fingerprint density at radius 2 is 2.18 bits per heavy atom. The van der Waals surface area contributed by atoms with Crippen LogP contribution in [0.15, 0.2) is 16.6 Å². The zero-order valence-corrected chi connectivity index (χ0v) is 10.9. The minimum atomic E-state index is -0.730. The van der Waals surface area contributed by atoms with Crippen LogP contribution in [0.2, 0.25) is 0 Å². The van der Waals surface area contributed by atoms with Gasteiger partial charge in [-0.1, -0.05) is 15.9 Å². The molecule has 1 aliphatic carbocycles. The Labute approximate surface area is 108 Å². The van der Waals surface area contributed by atoms with Crippen molar-refractivity contribution in [2.75, 3.05) is 6.61 Å². The summed E-state index contributed by atoms with van der Waals surface area (Å²) in [4.78, 5) is 11.4. The van der Waals surface area contributed by atoms with Gasteiger partial charge in [-0.25, -0.2) is 0 Å². The maximum absolute atomic E-state index is 11.4. The minimum absolute atomic E-state index is 0.689. The number of hydrogen-bond acceptors (Lipinski definition) is 2. The van der Waals surface area contributed by atoms with Crippen molar-refractivity contribution in [1.29, 1.82) is 0 Å². The van der Waals surface area contributed by atoms with Gasteiger partial charge in [0, 0.05) is 10.0 Å². The Balaban J connectivity index is 2.16. The van der Waals surface area contributed by atoms with Crippen LogP contribution in [0.3, 0.4) is 0 Å². The molecule has 0 unspecified atom stereocenters. The van der Waals surface area contributed by atoms with Crippen molar-refractivity contribution < 1.29 is 14.6 Å². The Bertz CT molecular complexity index is 492. The lowest BCUT2D eigenvalue weighted by atomic mass is 9.91. The van der Waals surface area contributed by atoms with Gasteiger partial charge in [-0.3, -0.25) is 4.79 Å². The van der Waals surface area contributed by atoms with Crippen LogP contribution in [0.25, 0.3) is 0 Å². The van der Waals surface area contributed by atoms with E-state index in [0.717, 1.165) is 34.2 Å². The first kappa shape index (κ1) is 11.1. The third kappa shape index (κ3) is 1.66. The summed E-state index contributed by atoms with van der Waals surface area (Å²) in [6.07, 6.45) is 3.41. The second-order valence-corrected chi connectivity index (χ2v) is 5.70. The summed E-state index contributed by atoms with van der Waals surface area (Å²) in [5.74, 6) is 0.0892. The topological polar surface area (TPSA) is 46.5 Å². The molecule has 0 aromatic heterocycles. The average Bonchev–Trinajstić information content (AvgIpc) is 3.09. The van der Waals surface area contributed by atoms with Gasteiger partial charge in [0.2, 0.25) is 0 Å². The van der Waals surface area contributed by atoms with E-state index in [1.54, 1.807) is 0 Å². The number of aliphatic carboxylic acids is 1. The third-order valence-electron chi connectivity index (χ3n) is 3.64. The van der Waals surface area contributed by atoms with Crippen LogP contribution in [0, 0.1) is 0 Å². The van der Waals surface area contributed by atoms with Crippen molar-refractivity contribution >= 4 is 21.9 Å². The molecule has 3 nitrogen and oxygen atoms in total. The van der Waals surface area contributed by atoms with E-state index in [2.05, 4.69) is 15.9 Å². The standard InChI is InChI=1S/C13H13BrO3/c14-9-6-8-2-1-5-17-11(8)10(7-9)13(3-4-13)12(15)16/h6-7H,1-5H2,(H,15,16). The summed E-state index contributed by atoms with van der Waals surface area (Å²) in [5, 5.41) is 9.38. The number of hydrogen-bond donors (Lipinski definition) is 1. The molecule has 1 N–H and O–H groups in total. The van der Waals surface area contributed by atoms with Crippen molar-refractivity contribution in [1.82, 2.24) is 0 Å². The highest BCUT2D eigenvalue weighted by atomic mass is 79.9. The average molecular weight is 297 g/mol. The van der Waals surface area contributed by atoms with Gasteiger partial charge in [0.1, 0.15) is 5.75 Å². The van der Waals surface area contributed by atoms with Crippen molar-refractivity contribution in [3.8, 4) is 5.75 Å². The molecule has 3 rings (SSSR count). The summed E-state index contributed by atoms with van der Waals surface area (Å²) < 4.78 is 6.65. The zero-order valence-electron chi connectivity index (χ0n) is 9.33. The predicted octanol–water partition coefficient (Wildman–Crippen LogP) is 2.89. The summed E-state index contributed by atoms with van der Waals surface area (Å²) in [6, 6.07) is 3.95. The van der Waals surface area contributed by atoms with Gasteiger partial charge in [0.15, 0.2) is 0 Å². The van der Waals surface area contributed by atoms with Gasteiger partial charge < -0.3 is 9.84 Å². The monoisotopic (exact) mass is 296 g/mol. The summed E-state index contributed by atoms with van der Waals surface area (Å²) in [7, 11) is 0.